The second-order valence-electron chi connectivity index (χ2n) is 4.46. The van der Waals surface area contributed by atoms with E-state index < -0.39 is 17.6 Å². The number of carbonyl (C=O) groups excluding carboxylic acids is 1. The number of rotatable bonds is 4. The molecule has 0 fully saturated rings. The third-order valence-corrected chi connectivity index (χ3v) is 3.39. The van der Waals surface area contributed by atoms with Gasteiger partial charge in [-0.15, -0.1) is 0 Å². The molecule has 0 heterocycles. The molecule has 0 atom stereocenters. The molecule has 0 unspecified atom stereocenters. The lowest BCUT2D eigenvalue weighted by molar-refractivity contribution is -0.137. The molecular weight excluding hydrogens is 354 g/mol. The quantitative estimate of drug-likeness (QED) is 0.827. The minimum Gasteiger partial charge on any atom is -0.482 e. The van der Waals surface area contributed by atoms with Crippen molar-refractivity contribution in [2.45, 2.75) is 6.18 Å². The highest BCUT2D eigenvalue weighted by Crippen LogP contribution is 2.33. The molecule has 0 aliphatic heterocycles. The number of carbonyl (C=O) groups is 1. The van der Waals surface area contributed by atoms with Gasteiger partial charge in [-0.3, -0.25) is 4.79 Å². The first-order valence-electron chi connectivity index (χ1n) is 6.31. The predicted molar refractivity (Wildman–Crippen MR) is 82.0 cm³/mol. The molecule has 2 aromatic rings. The van der Waals surface area contributed by atoms with Gasteiger partial charge in [-0.1, -0.05) is 35.3 Å². The highest BCUT2D eigenvalue weighted by Gasteiger charge is 2.31. The van der Waals surface area contributed by atoms with E-state index in [1.807, 2.05) is 0 Å². The number of para-hydroxylation sites is 1. The number of benzene rings is 2. The van der Waals surface area contributed by atoms with E-state index >= 15 is 0 Å². The van der Waals surface area contributed by atoms with Gasteiger partial charge in [-0.2, -0.15) is 13.2 Å². The van der Waals surface area contributed by atoms with Gasteiger partial charge in [0.15, 0.2) is 6.61 Å². The van der Waals surface area contributed by atoms with Crippen molar-refractivity contribution < 1.29 is 22.7 Å². The van der Waals surface area contributed by atoms with Gasteiger partial charge in [0.25, 0.3) is 5.91 Å². The summed E-state index contributed by atoms with van der Waals surface area (Å²) < 4.78 is 42.8. The van der Waals surface area contributed by atoms with E-state index in [0.29, 0.717) is 10.8 Å². The lowest BCUT2D eigenvalue weighted by Gasteiger charge is -2.12. The van der Waals surface area contributed by atoms with Gasteiger partial charge in [0, 0.05) is 0 Å². The van der Waals surface area contributed by atoms with Gasteiger partial charge in [-0.05, 0) is 30.3 Å². The van der Waals surface area contributed by atoms with Crippen LogP contribution < -0.4 is 10.1 Å². The molecule has 3 nitrogen and oxygen atoms in total. The van der Waals surface area contributed by atoms with Crippen molar-refractivity contribution in [1.82, 2.24) is 0 Å². The normalized spacial score (nSPS) is 11.2. The molecule has 1 N–H and O–H groups in total. The van der Waals surface area contributed by atoms with Gasteiger partial charge in [0.05, 0.1) is 21.3 Å². The fourth-order valence-corrected chi connectivity index (χ4v) is 2.10. The Bertz CT molecular complexity index is 720. The Labute approximate surface area is 140 Å². The Morgan fingerprint density at radius 1 is 1.09 bits per heavy atom. The van der Waals surface area contributed by atoms with Crippen LogP contribution in [0.5, 0.6) is 5.75 Å². The molecule has 2 rings (SSSR count). The number of alkyl halides is 3. The summed E-state index contributed by atoms with van der Waals surface area (Å²) in [5.41, 5.74) is -0.833. The summed E-state index contributed by atoms with van der Waals surface area (Å²) in [4.78, 5) is 11.8. The zero-order valence-corrected chi connectivity index (χ0v) is 13.0. The molecule has 0 aliphatic carbocycles. The van der Waals surface area contributed by atoms with Gasteiger partial charge in [0.2, 0.25) is 0 Å². The van der Waals surface area contributed by atoms with Gasteiger partial charge < -0.3 is 10.1 Å². The monoisotopic (exact) mass is 363 g/mol. The zero-order chi connectivity index (χ0) is 17.0. The van der Waals surface area contributed by atoms with E-state index in [0.717, 1.165) is 18.2 Å². The van der Waals surface area contributed by atoms with Crippen molar-refractivity contribution in [2.75, 3.05) is 11.9 Å². The van der Waals surface area contributed by atoms with Crippen molar-refractivity contribution in [3.8, 4) is 5.75 Å². The lowest BCUT2D eigenvalue weighted by Crippen LogP contribution is -2.20. The summed E-state index contributed by atoms with van der Waals surface area (Å²) in [5.74, 6) is -0.255. The summed E-state index contributed by atoms with van der Waals surface area (Å²) in [6.45, 7) is -0.360. The standard InChI is InChI=1S/C15H10Cl2F3NO2/c16-10-3-1-2-4-13(10)23-8-14(22)21-12-6-5-9(7-11(12)17)15(18,19)20/h1-7H,8H2,(H,21,22). The van der Waals surface area contributed by atoms with Crippen LogP contribution in [0.2, 0.25) is 10.0 Å². The predicted octanol–water partition coefficient (Wildman–Crippen LogP) is 5.03. The maximum atomic E-state index is 12.5. The van der Waals surface area contributed by atoms with Crippen LogP contribution in [0.4, 0.5) is 18.9 Å². The van der Waals surface area contributed by atoms with Gasteiger partial charge >= 0.3 is 6.18 Å². The van der Waals surface area contributed by atoms with Crippen LogP contribution in [0.25, 0.3) is 0 Å². The third-order valence-electron chi connectivity index (χ3n) is 2.77. The fraction of sp³-hybridized carbons (Fsp3) is 0.133. The molecule has 23 heavy (non-hydrogen) atoms. The Balaban J connectivity index is 1.99. The van der Waals surface area contributed by atoms with E-state index in [1.165, 1.54) is 0 Å². The molecule has 1 amide bonds. The maximum Gasteiger partial charge on any atom is 0.416 e. The maximum absolute atomic E-state index is 12.5. The number of hydrogen-bond acceptors (Lipinski definition) is 2. The molecule has 0 aliphatic rings. The molecular formula is C15H10Cl2F3NO2. The number of hydrogen-bond donors (Lipinski definition) is 1. The molecule has 0 bridgehead atoms. The first-order chi connectivity index (χ1) is 10.8. The smallest absolute Gasteiger partial charge is 0.416 e. The van der Waals surface area contributed by atoms with Crippen LogP contribution >= 0.6 is 23.2 Å². The minimum atomic E-state index is -4.50. The van der Waals surface area contributed by atoms with Crippen molar-refractivity contribution in [3.05, 3.63) is 58.1 Å². The summed E-state index contributed by atoms with van der Waals surface area (Å²) in [5, 5.41) is 2.50. The van der Waals surface area contributed by atoms with Crippen molar-refractivity contribution in [3.63, 3.8) is 0 Å². The second-order valence-corrected chi connectivity index (χ2v) is 5.27. The number of halogens is 5. The molecule has 0 aromatic heterocycles. The zero-order valence-electron chi connectivity index (χ0n) is 11.5. The average molecular weight is 364 g/mol. The van der Waals surface area contributed by atoms with E-state index in [2.05, 4.69) is 5.32 Å². The molecule has 0 spiro atoms. The largest absolute Gasteiger partial charge is 0.482 e. The molecule has 2 aromatic carbocycles. The van der Waals surface area contributed by atoms with Crippen molar-refractivity contribution in [1.29, 1.82) is 0 Å². The van der Waals surface area contributed by atoms with Gasteiger partial charge in [-0.25, -0.2) is 0 Å². The van der Waals surface area contributed by atoms with E-state index in [1.54, 1.807) is 24.3 Å². The highest BCUT2D eigenvalue weighted by molar-refractivity contribution is 6.33. The fourth-order valence-electron chi connectivity index (χ4n) is 1.68. The van der Waals surface area contributed by atoms with Crippen molar-refractivity contribution in [2.24, 2.45) is 0 Å². The minimum absolute atomic E-state index is 0.0624. The van der Waals surface area contributed by atoms with E-state index in [-0.39, 0.29) is 17.3 Å². The first-order valence-corrected chi connectivity index (χ1v) is 7.07. The summed E-state index contributed by atoms with van der Waals surface area (Å²) >= 11 is 11.6. The Kier molecular flexibility index (Phi) is 5.38. The second kappa shape index (κ2) is 7.10. The van der Waals surface area contributed by atoms with E-state index in [4.69, 9.17) is 27.9 Å². The molecule has 0 radical (unpaired) electrons. The molecule has 122 valence electrons. The van der Waals surface area contributed by atoms with Crippen LogP contribution in [0.1, 0.15) is 5.56 Å². The number of anilines is 1. The summed E-state index contributed by atoms with van der Waals surface area (Å²) in [6.07, 6.45) is -4.50. The Morgan fingerprint density at radius 3 is 2.39 bits per heavy atom. The lowest BCUT2D eigenvalue weighted by atomic mass is 10.2. The van der Waals surface area contributed by atoms with Gasteiger partial charge in [0.1, 0.15) is 5.75 Å². The highest BCUT2D eigenvalue weighted by atomic mass is 35.5. The summed E-state index contributed by atoms with van der Waals surface area (Å²) in [6, 6.07) is 9.23. The van der Waals surface area contributed by atoms with Crippen LogP contribution in [0.3, 0.4) is 0 Å². The van der Waals surface area contributed by atoms with Crippen LogP contribution in [0.15, 0.2) is 42.5 Å². The molecule has 0 saturated carbocycles. The van der Waals surface area contributed by atoms with Crippen LogP contribution in [-0.4, -0.2) is 12.5 Å². The number of nitrogens with one attached hydrogen (secondary N) is 1. The Hall–Kier alpha value is -1.92. The third kappa shape index (κ3) is 4.77. The summed E-state index contributed by atoms with van der Waals surface area (Å²) in [7, 11) is 0. The molecule has 0 saturated heterocycles. The molecule has 8 heteroatoms. The first kappa shape index (κ1) is 17.4. The Morgan fingerprint density at radius 2 is 1.78 bits per heavy atom. The number of ether oxygens (including phenoxy) is 1. The van der Waals surface area contributed by atoms with E-state index in [9.17, 15) is 18.0 Å². The topological polar surface area (TPSA) is 38.3 Å². The number of amides is 1. The average Bonchev–Trinajstić information content (AvgIpc) is 2.47. The SMILES string of the molecule is O=C(COc1ccccc1Cl)Nc1ccc(C(F)(F)F)cc1Cl. The van der Waals surface area contributed by atoms with Crippen molar-refractivity contribution >= 4 is 34.8 Å². The van der Waals surface area contributed by atoms with Crippen LogP contribution in [-0.2, 0) is 11.0 Å². The van der Waals surface area contributed by atoms with Crippen LogP contribution in [0, 0.1) is 0 Å².